The lowest BCUT2D eigenvalue weighted by Gasteiger charge is -2.28. The Labute approximate surface area is 307 Å². The minimum absolute atomic E-state index is 1.11. The van der Waals surface area contributed by atoms with Crippen LogP contribution in [0.25, 0.3) is 75.1 Å². The summed E-state index contributed by atoms with van der Waals surface area (Å²) in [4.78, 5) is 2.41. The van der Waals surface area contributed by atoms with Gasteiger partial charge in [0, 0.05) is 37.1 Å². The van der Waals surface area contributed by atoms with E-state index in [1.165, 1.54) is 75.1 Å². The van der Waals surface area contributed by atoms with E-state index in [9.17, 15) is 0 Å². The second-order valence-electron chi connectivity index (χ2n) is 13.3. The molecule has 0 saturated carbocycles. The zero-order valence-corrected chi connectivity index (χ0v) is 29.2. The number of fused-ring (bicyclic) bond motifs is 5. The predicted octanol–water partition coefficient (Wildman–Crippen LogP) is 14.8. The summed E-state index contributed by atoms with van der Waals surface area (Å²) in [7, 11) is 0. The van der Waals surface area contributed by atoms with E-state index in [1.807, 2.05) is 11.3 Å². The molecule has 0 aliphatic carbocycles. The average molecular weight is 680 g/mol. The summed E-state index contributed by atoms with van der Waals surface area (Å²) in [6.45, 7) is 0. The van der Waals surface area contributed by atoms with Gasteiger partial charge in [0.15, 0.2) is 0 Å². The summed E-state index contributed by atoms with van der Waals surface area (Å²) >= 11 is 1.86. The van der Waals surface area contributed by atoms with Crippen LogP contribution in [0.1, 0.15) is 0 Å². The molecule has 0 radical (unpaired) electrons. The van der Waals surface area contributed by atoms with Gasteiger partial charge in [-0.3, -0.25) is 0 Å². The van der Waals surface area contributed by atoms with Gasteiger partial charge in [-0.2, -0.15) is 0 Å². The Morgan fingerprint density at radius 3 is 1.85 bits per heavy atom. The fourth-order valence-electron chi connectivity index (χ4n) is 7.69. The third-order valence-electron chi connectivity index (χ3n) is 10.2. The van der Waals surface area contributed by atoms with E-state index in [0.717, 1.165) is 17.1 Å². The van der Waals surface area contributed by atoms with Gasteiger partial charge in [-0.25, -0.2) is 0 Å². The van der Waals surface area contributed by atoms with Crippen LogP contribution in [0.2, 0.25) is 0 Å². The molecule has 0 aliphatic heterocycles. The Morgan fingerprint density at radius 1 is 0.308 bits per heavy atom. The smallest absolute Gasteiger partial charge is 0.0540 e. The maximum absolute atomic E-state index is 2.41. The number of hydrogen-bond acceptors (Lipinski definition) is 2. The van der Waals surface area contributed by atoms with Crippen molar-refractivity contribution in [2.45, 2.75) is 0 Å². The van der Waals surface area contributed by atoms with Crippen LogP contribution >= 0.6 is 11.3 Å². The van der Waals surface area contributed by atoms with Crippen molar-refractivity contribution in [1.29, 1.82) is 0 Å². The monoisotopic (exact) mass is 679 g/mol. The van der Waals surface area contributed by atoms with Crippen molar-refractivity contribution < 1.29 is 0 Å². The largest absolute Gasteiger partial charge is 0.310 e. The Bertz CT molecular complexity index is 2910. The Kier molecular flexibility index (Phi) is 7.41. The molecule has 0 aliphatic rings. The van der Waals surface area contributed by atoms with Crippen LogP contribution in [-0.2, 0) is 0 Å². The normalized spacial score (nSPS) is 11.5. The molecule has 52 heavy (non-hydrogen) atoms. The minimum Gasteiger partial charge on any atom is -0.310 e. The molecule has 0 fully saturated rings. The van der Waals surface area contributed by atoms with Crippen LogP contribution in [0.3, 0.4) is 0 Å². The number of rotatable bonds is 6. The van der Waals surface area contributed by atoms with Crippen LogP contribution in [0.5, 0.6) is 0 Å². The van der Waals surface area contributed by atoms with Crippen molar-refractivity contribution in [3.63, 3.8) is 0 Å². The first kappa shape index (κ1) is 30.4. The Balaban J connectivity index is 1.12. The Hall–Kier alpha value is -6.48. The van der Waals surface area contributed by atoms with Gasteiger partial charge in [-0.15, -0.1) is 11.3 Å². The molecule has 0 amide bonds. The lowest BCUT2D eigenvalue weighted by atomic mass is 9.96. The molecule has 9 aromatic carbocycles. The van der Waals surface area contributed by atoms with Crippen molar-refractivity contribution in [3.8, 4) is 33.4 Å². The van der Waals surface area contributed by atoms with E-state index in [2.05, 4.69) is 205 Å². The molecule has 1 nitrogen and oxygen atoms in total. The molecular formula is C50H33NS. The summed E-state index contributed by atoms with van der Waals surface area (Å²) in [5.41, 5.74) is 10.6. The highest BCUT2D eigenvalue weighted by Gasteiger charge is 2.19. The summed E-state index contributed by atoms with van der Waals surface area (Å²) in [6.07, 6.45) is 0. The third-order valence-corrected chi connectivity index (χ3v) is 11.4. The molecule has 1 aromatic heterocycles. The first-order valence-electron chi connectivity index (χ1n) is 17.8. The van der Waals surface area contributed by atoms with Crippen molar-refractivity contribution in [2.75, 3.05) is 4.90 Å². The highest BCUT2D eigenvalue weighted by atomic mass is 32.1. The molecule has 0 bridgehead atoms. The molecule has 244 valence electrons. The average Bonchev–Trinajstić information content (AvgIpc) is 3.59. The van der Waals surface area contributed by atoms with Crippen molar-refractivity contribution >= 4 is 70.1 Å². The zero-order valence-electron chi connectivity index (χ0n) is 28.4. The molecule has 10 rings (SSSR count). The van der Waals surface area contributed by atoms with E-state index in [1.54, 1.807) is 0 Å². The quantitative estimate of drug-likeness (QED) is 0.169. The molecule has 0 N–H and O–H groups in total. The highest BCUT2D eigenvalue weighted by molar-refractivity contribution is 7.25. The van der Waals surface area contributed by atoms with Crippen molar-refractivity contribution in [3.05, 3.63) is 200 Å². The van der Waals surface area contributed by atoms with Crippen LogP contribution in [0, 0.1) is 0 Å². The van der Waals surface area contributed by atoms with Gasteiger partial charge < -0.3 is 4.90 Å². The molecule has 0 unspecified atom stereocenters. The maximum Gasteiger partial charge on any atom is 0.0540 e. The number of hydrogen-bond donors (Lipinski definition) is 0. The third kappa shape index (κ3) is 5.33. The van der Waals surface area contributed by atoms with Crippen LogP contribution in [-0.4, -0.2) is 0 Å². The van der Waals surface area contributed by atoms with Crippen LogP contribution < -0.4 is 4.90 Å². The Morgan fingerprint density at radius 2 is 0.942 bits per heavy atom. The summed E-state index contributed by atoms with van der Waals surface area (Å²) in [5, 5.41) is 7.63. The fraction of sp³-hybridized carbons (Fsp3) is 0. The van der Waals surface area contributed by atoms with Gasteiger partial charge in [0.05, 0.1) is 5.69 Å². The van der Waals surface area contributed by atoms with Gasteiger partial charge in [0.25, 0.3) is 0 Å². The van der Waals surface area contributed by atoms with E-state index in [0.29, 0.717) is 0 Å². The van der Waals surface area contributed by atoms with Crippen LogP contribution in [0.4, 0.5) is 17.1 Å². The highest BCUT2D eigenvalue weighted by Crippen LogP contribution is 2.44. The standard InChI is InChI=1S/C50H33NS/c1-2-13-37-31-40(24-23-34(37)11-1)45-18-5-7-21-48(45)51(42-16-9-15-39(32-42)44-20-10-14-36-12-3-4-17-43(36)44)41-28-25-35(26-29-41)38-27-30-47-46-19-6-8-22-49(46)52-50(47)33-38/h1-33H. The van der Waals surface area contributed by atoms with Gasteiger partial charge in [-0.05, 0) is 97.9 Å². The molecule has 0 atom stereocenters. The molecule has 0 saturated heterocycles. The van der Waals surface area contributed by atoms with Gasteiger partial charge in [-0.1, -0.05) is 152 Å². The molecule has 10 aromatic rings. The number of para-hydroxylation sites is 1. The lowest BCUT2D eigenvalue weighted by molar-refractivity contribution is 1.28. The van der Waals surface area contributed by atoms with E-state index >= 15 is 0 Å². The number of nitrogens with zero attached hydrogens (tertiary/aromatic N) is 1. The number of anilines is 3. The minimum atomic E-state index is 1.11. The predicted molar refractivity (Wildman–Crippen MR) is 225 cm³/mol. The second-order valence-corrected chi connectivity index (χ2v) is 14.4. The van der Waals surface area contributed by atoms with Gasteiger partial charge in [0.1, 0.15) is 0 Å². The summed E-state index contributed by atoms with van der Waals surface area (Å²) in [5.74, 6) is 0. The van der Waals surface area contributed by atoms with Crippen molar-refractivity contribution in [1.82, 2.24) is 0 Å². The zero-order chi connectivity index (χ0) is 34.4. The van der Waals surface area contributed by atoms with E-state index < -0.39 is 0 Å². The molecule has 1 heterocycles. The van der Waals surface area contributed by atoms with Gasteiger partial charge in [0.2, 0.25) is 0 Å². The number of benzene rings is 9. The maximum atomic E-state index is 2.41. The fourth-order valence-corrected chi connectivity index (χ4v) is 8.84. The van der Waals surface area contributed by atoms with Crippen LogP contribution in [0.15, 0.2) is 200 Å². The lowest BCUT2D eigenvalue weighted by Crippen LogP contribution is -2.11. The number of thiophene rings is 1. The molecule has 2 heteroatoms. The first-order valence-corrected chi connectivity index (χ1v) is 18.6. The van der Waals surface area contributed by atoms with E-state index in [4.69, 9.17) is 0 Å². The molecule has 0 spiro atoms. The van der Waals surface area contributed by atoms with E-state index in [-0.39, 0.29) is 0 Å². The first-order chi connectivity index (χ1) is 25.8. The molecular weight excluding hydrogens is 647 g/mol. The topological polar surface area (TPSA) is 3.24 Å². The van der Waals surface area contributed by atoms with Crippen molar-refractivity contribution in [2.24, 2.45) is 0 Å². The summed E-state index contributed by atoms with van der Waals surface area (Å²) < 4.78 is 2.65. The SMILES string of the molecule is c1cc(-c2cccc3ccccc23)cc(N(c2ccc(-c3ccc4c(c3)sc3ccccc34)cc2)c2ccccc2-c2ccc3ccccc3c2)c1. The van der Waals surface area contributed by atoms with Gasteiger partial charge >= 0.3 is 0 Å². The second kappa shape index (κ2) is 12.7. The summed E-state index contributed by atoms with van der Waals surface area (Å²) in [6, 6.07) is 73.0.